The molecule has 0 bridgehead atoms. The summed E-state index contributed by atoms with van der Waals surface area (Å²) in [7, 11) is 0. The maximum absolute atomic E-state index is 13.0. The lowest BCUT2D eigenvalue weighted by Crippen LogP contribution is -2.28. The van der Waals surface area contributed by atoms with Crippen LogP contribution in [0.4, 0.5) is 0 Å². The van der Waals surface area contributed by atoms with Crippen LogP contribution >= 0.6 is 0 Å². The van der Waals surface area contributed by atoms with E-state index in [0.717, 1.165) is 36.2 Å². The highest BCUT2D eigenvalue weighted by Gasteiger charge is 2.36. The van der Waals surface area contributed by atoms with E-state index >= 15 is 0 Å². The van der Waals surface area contributed by atoms with Crippen molar-refractivity contribution < 1.29 is 9.59 Å². The number of nitrogens with zero attached hydrogens (tertiary/aromatic N) is 3. The van der Waals surface area contributed by atoms with E-state index in [2.05, 4.69) is 12.0 Å². The summed E-state index contributed by atoms with van der Waals surface area (Å²) in [5, 5.41) is 4.48. The lowest BCUT2D eigenvalue weighted by atomic mass is 10.1. The maximum atomic E-state index is 13.0. The average molecular weight is 353 g/mol. The van der Waals surface area contributed by atoms with Crippen molar-refractivity contribution in [2.24, 2.45) is 5.92 Å². The number of carbonyl (C=O) groups excluding carboxylic acids is 2. The summed E-state index contributed by atoms with van der Waals surface area (Å²) >= 11 is 0. The molecule has 0 aliphatic carbocycles. The van der Waals surface area contributed by atoms with Crippen molar-refractivity contribution in [3.63, 3.8) is 0 Å². The number of carbonyl (C=O) groups is 2. The normalized spacial score (nSPS) is 17.1. The van der Waals surface area contributed by atoms with Crippen LogP contribution in [0.2, 0.25) is 0 Å². The molecule has 3 rings (SSSR count). The van der Waals surface area contributed by atoms with Gasteiger partial charge in [0.05, 0.1) is 11.6 Å². The van der Waals surface area contributed by atoms with Gasteiger partial charge in [-0.15, -0.1) is 0 Å². The third-order valence-corrected chi connectivity index (χ3v) is 5.21. The number of benzene rings is 1. The predicted octanol–water partition coefficient (Wildman–Crippen LogP) is 3.53. The Labute approximate surface area is 155 Å². The summed E-state index contributed by atoms with van der Waals surface area (Å²) in [6.07, 6.45) is 3.43. The van der Waals surface area contributed by atoms with E-state index in [-0.39, 0.29) is 24.2 Å². The Balaban J connectivity index is 1.72. The van der Waals surface area contributed by atoms with Crippen molar-refractivity contribution in [2.75, 3.05) is 6.54 Å². The maximum Gasteiger partial charge on any atom is 0.252 e. The standard InChI is InChI=1S/C21H27N3O2/c1-4-5-11-19-15(2)22-24(16(19)3)21(26)18-12-20(25)23(14-18)13-17-9-7-6-8-10-17/h6-10,18H,4-5,11-14H2,1-3H3. The molecule has 1 atom stereocenters. The van der Waals surface area contributed by atoms with Crippen molar-refractivity contribution in [2.45, 2.75) is 53.0 Å². The molecule has 0 radical (unpaired) electrons. The highest BCUT2D eigenvalue weighted by Crippen LogP contribution is 2.24. The quantitative estimate of drug-likeness (QED) is 0.798. The monoisotopic (exact) mass is 353 g/mol. The van der Waals surface area contributed by atoms with Crippen LogP contribution in [0.15, 0.2) is 30.3 Å². The van der Waals surface area contributed by atoms with E-state index in [9.17, 15) is 9.59 Å². The number of unbranched alkanes of at least 4 members (excludes halogenated alkanes) is 1. The smallest absolute Gasteiger partial charge is 0.252 e. The summed E-state index contributed by atoms with van der Waals surface area (Å²) in [6.45, 7) is 7.11. The molecule has 0 spiro atoms. The number of hydrogen-bond donors (Lipinski definition) is 0. The van der Waals surface area contributed by atoms with E-state index < -0.39 is 0 Å². The van der Waals surface area contributed by atoms with Crippen molar-refractivity contribution in [1.82, 2.24) is 14.7 Å². The first-order chi connectivity index (χ1) is 12.5. The van der Waals surface area contributed by atoms with E-state index in [0.29, 0.717) is 13.1 Å². The molecule has 1 fully saturated rings. The molecular formula is C21H27N3O2. The van der Waals surface area contributed by atoms with E-state index in [1.807, 2.05) is 44.2 Å². The third-order valence-electron chi connectivity index (χ3n) is 5.21. The fourth-order valence-corrected chi connectivity index (χ4v) is 3.67. The van der Waals surface area contributed by atoms with Crippen molar-refractivity contribution in [3.8, 4) is 0 Å². The molecule has 1 aliphatic heterocycles. The summed E-state index contributed by atoms with van der Waals surface area (Å²) in [5.41, 5.74) is 4.11. The average Bonchev–Trinajstić information content (AvgIpc) is 3.13. The van der Waals surface area contributed by atoms with Gasteiger partial charge in [-0.25, -0.2) is 4.68 Å². The van der Waals surface area contributed by atoms with Crippen LogP contribution in [0.1, 0.15) is 53.5 Å². The van der Waals surface area contributed by atoms with Gasteiger partial charge in [-0.3, -0.25) is 9.59 Å². The SMILES string of the molecule is CCCCc1c(C)nn(C(=O)C2CC(=O)N(Cc3ccccc3)C2)c1C. The number of aromatic nitrogens is 2. The van der Waals surface area contributed by atoms with Gasteiger partial charge < -0.3 is 4.90 Å². The van der Waals surface area contributed by atoms with E-state index in [1.165, 1.54) is 10.2 Å². The van der Waals surface area contributed by atoms with Gasteiger partial charge in [0.15, 0.2) is 0 Å². The van der Waals surface area contributed by atoms with Crippen molar-refractivity contribution in [3.05, 3.63) is 52.8 Å². The molecule has 1 aliphatic rings. The van der Waals surface area contributed by atoms with Gasteiger partial charge in [-0.2, -0.15) is 5.10 Å². The van der Waals surface area contributed by atoms with Gasteiger partial charge in [-0.1, -0.05) is 43.7 Å². The molecule has 26 heavy (non-hydrogen) atoms. The topological polar surface area (TPSA) is 55.2 Å². The second-order valence-electron chi connectivity index (χ2n) is 7.16. The predicted molar refractivity (Wildman–Crippen MR) is 101 cm³/mol. The molecule has 2 aromatic rings. The molecule has 1 aromatic carbocycles. The lowest BCUT2D eigenvalue weighted by Gasteiger charge is -2.16. The third kappa shape index (κ3) is 3.71. The summed E-state index contributed by atoms with van der Waals surface area (Å²) in [4.78, 5) is 27.1. The fourth-order valence-electron chi connectivity index (χ4n) is 3.67. The van der Waals surface area contributed by atoms with Crippen LogP contribution in [0.25, 0.3) is 0 Å². The molecule has 1 unspecified atom stereocenters. The molecule has 1 aromatic heterocycles. The number of aryl methyl sites for hydroxylation is 1. The number of amides is 1. The van der Waals surface area contributed by atoms with Crippen molar-refractivity contribution >= 4 is 11.8 Å². The fraction of sp³-hybridized carbons (Fsp3) is 0.476. The molecule has 138 valence electrons. The first kappa shape index (κ1) is 18.4. The van der Waals surface area contributed by atoms with Crippen LogP contribution < -0.4 is 0 Å². The first-order valence-corrected chi connectivity index (χ1v) is 9.42. The molecular weight excluding hydrogens is 326 g/mol. The van der Waals surface area contributed by atoms with Crippen LogP contribution in [-0.4, -0.2) is 33.0 Å². The van der Waals surface area contributed by atoms with Crippen molar-refractivity contribution in [1.29, 1.82) is 0 Å². The lowest BCUT2D eigenvalue weighted by molar-refractivity contribution is -0.128. The Bertz CT molecular complexity index is 795. The Hall–Kier alpha value is -2.43. The second-order valence-corrected chi connectivity index (χ2v) is 7.16. The molecule has 5 heteroatoms. The summed E-state index contributed by atoms with van der Waals surface area (Å²) in [5.74, 6) is -0.333. The Morgan fingerprint density at radius 3 is 2.65 bits per heavy atom. The molecule has 1 saturated heterocycles. The highest BCUT2D eigenvalue weighted by atomic mass is 16.2. The second kappa shape index (κ2) is 7.85. The molecule has 2 heterocycles. The molecule has 0 saturated carbocycles. The highest BCUT2D eigenvalue weighted by molar-refractivity contribution is 5.90. The summed E-state index contributed by atoms with van der Waals surface area (Å²) in [6, 6.07) is 9.89. The van der Waals surface area contributed by atoms with Gasteiger partial charge in [0.25, 0.3) is 5.91 Å². The zero-order chi connectivity index (χ0) is 18.7. The van der Waals surface area contributed by atoms with Crippen LogP contribution in [0.3, 0.4) is 0 Å². The number of rotatable bonds is 6. The van der Waals surface area contributed by atoms with Gasteiger partial charge >= 0.3 is 0 Å². The number of likely N-dealkylation sites (tertiary alicyclic amines) is 1. The Kier molecular flexibility index (Phi) is 5.55. The molecule has 5 nitrogen and oxygen atoms in total. The van der Waals surface area contributed by atoms with Gasteiger partial charge in [0.2, 0.25) is 5.91 Å². The largest absolute Gasteiger partial charge is 0.338 e. The minimum atomic E-state index is -0.316. The first-order valence-electron chi connectivity index (χ1n) is 9.42. The minimum absolute atomic E-state index is 0.0416. The molecule has 1 amide bonds. The zero-order valence-corrected chi connectivity index (χ0v) is 15.9. The number of hydrogen-bond acceptors (Lipinski definition) is 3. The minimum Gasteiger partial charge on any atom is -0.338 e. The van der Waals surface area contributed by atoms with Gasteiger partial charge in [0.1, 0.15) is 0 Å². The van der Waals surface area contributed by atoms with Crippen LogP contribution in [0.5, 0.6) is 0 Å². The molecule has 0 N–H and O–H groups in total. The zero-order valence-electron chi connectivity index (χ0n) is 15.9. The van der Waals surface area contributed by atoms with Gasteiger partial charge in [-0.05, 0) is 37.8 Å². The Morgan fingerprint density at radius 2 is 1.96 bits per heavy atom. The van der Waals surface area contributed by atoms with Gasteiger partial charge in [0, 0.05) is 25.2 Å². The van der Waals surface area contributed by atoms with E-state index in [1.54, 1.807) is 4.90 Å². The van der Waals surface area contributed by atoms with Crippen LogP contribution in [-0.2, 0) is 17.8 Å². The Morgan fingerprint density at radius 1 is 1.23 bits per heavy atom. The summed E-state index contributed by atoms with van der Waals surface area (Å²) < 4.78 is 1.53. The van der Waals surface area contributed by atoms with E-state index in [4.69, 9.17) is 0 Å². The van der Waals surface area contributed by atoms with Crippen LogP contribution in [0, 0.1) is 19.8 Å².